The zero-order valence-electron chi connectivity index (χ0n) is 17.9. The Balaban J connectivity index is 1.75. The third kappa shape index (κ3) is 5.86. The van der Waals surface area contributed by atoms with E-state index >= 15 is 0 Å². The second kappa shape index (κ2) is 10.6. The first-order valence-corrected chi connectivity index (χ1v) is 11.2. The Morgan fingerprint density at radius 1 is 0.969 bits per heavy atom. The molecule has 32 heavy (non-hydrogen) atoms. The molecule has 0 atom stereocenters. The number of hydrogen-bond acceptors (Lipinski definition) is 6. The number of hydrogen-bond donors (Lipinski definition) is 2. The average Bonchev–Trinajstić information content (AvgIpc) is 2.72. The van der Waals surface area contributed by atoms with Gasteiger partial charge < -0.3 is 14.2 Å². The summed E-state index contributed by atoms with van der Waals surface area (Å²) in [5, 5.41) is 4.81. The summed E-state index contributed by atoms with van der Waals surface area (Å²) < 4.78 is 18.1. The molecule has 2 N–H and O–H groups in total. The minimum atomic E-state index is -0.559. The number of nitrogens with one attached hydrogen (secondary N) is 2. The average molecular weight is 519 g/mol. The monoisotopic (exact) mass is 518 g/mol. The maximum Gasteiger partial charge on any atom is 0.263 e. The maximum absolute atomic E-state index is 12.1. The molecule has 0 unspecified atom stereocenters. The van der Waals surface area contributed by atoms with E-state index in [1.54, 1.807) is 12.1 Å². The molecule has 2 aromatic rings. The van der Waals surface area contributed by atoms with Crippen LogP contribution in [0.2, 0.25) is 0 Å². The Hall–Kier alpha value is -2.91. The van der Waals surface area contributed by atoms with Crippen LogP contribution < -0.4 is 24.8 Å². The summed E-state index contributed by atoms with van der Waals surface area (Å²) >= 11 is 8.31. The Bertz CT molecular complexity index is 1080. The molecule has 168 valence electrons. The lowest BCUT2D eigenvalue weighted by atomic mass is 10.1. The van der Waals surface area contributed by atoms with Gasteiger partial charge in [0, 0.05) is 0 Å². The second-order valence-electron chi connectivity index (χ2n) is 7.02. The van der Waals surface area contributed by atoms with Crippen LogP contribution in [0.3, 0.4) is 0 Å². The van der Waals surface area contributed by atoms with Crippen molar-refractivity contribution < 1.29 is 23.8 Å². The van der Waals surface area contributed by atoms with Crippen LogP contribution in [0.1, 0.15) is 23.6 Å². The fourth-order valence-corrected chi connectivity index (χ4v) is 3.77. The van der Waals surface area contributed by atoms with Crippen molar-refractivity contribution in [1.29, 1.82) is 0 Å². The van der Waals surface area contributed by atoms with Crippen LogP contribution in [0.4, 0.5) is 0 Å². The van der Waals surface area contributed by atoms with E-state index in [4.69, 9.17) is 26.4 Å². The number of aryl methyl sites for hydroxylation is 2. The fourth-order valence-electron chi connectivity index (χ4n) is 3.01. The molecule has 0 aliphatic carbocycles. The lowest BCUT2D eigenvalue weighted by Crippen LogP contribution is -2.51. The Morgan fingerprint density at radius 3 is 2.34 bits per heavy atom. The van der Waals surface area contributed by atoms with Gasteiger partial charge in [0.1, 0.15) is 24.5 Å². The number of rotatable bonds is 8. The van der Waals surface area contributed by atoms with Crippen LogP contribution in [0, 0.1) is 13.8 Å². The van der Waals surface area contributed by atoms with E-state index in [9.17, 15) is 9.59 Å². The van der Waals surface area contributed by atoms with Gasteiger partial charge in [0.05, 0.1) is 11.1 Å². The number of carbonyl (C=O) groups is 2. The summed E-state index contributed by atoms with van der Waals surface area (Å²) in [6.45, 7) is 6.93. The van der Waals surface area contributed by atoms with Gasteiger partial charge in [-0.25, -0.2) is 0 Å². The van der Waals surface area contributed by atoms with Gasteiger partial charge in [-0.3, -0.25) is 20.2 Å². The van der Waals surface area contributed by atoms with Crippen molar-refractivity contribution in [3.05, 3.63) is 57.1 Å². The highest BCUT2D eigenvalue weighted by Gasteiger charge is 2.26. The van der Waals surface area contributed by atoms with Gasteiger partial charge >= 0.3 is 0 Å². The molecule has 1 saturated heterocycles. The van der Waals surface area contributed by atoms with E-state index in [-0.39, 0.29) is 10.7 Å². The van der Waals surface area contributed by atoms with Crippen LogP contribution in [0.15, 0.2) is 40.4 Å². The summed E-state index contributed by atoms with van der Waals surface area (Å²) in [5.74, 6) is 0.696. The van der Waals surface area contributed by atoms with Gasteiger partial charge in [0.25, 0.3) is 11.8 Å². The smallest absolute Gasteiger partial charge is 0.263 e. The SMILES string of the molecule is CCOc1cc(C=C2C(=O)NC(=S)NC2=O)cc(Br)c1OCCOc1cc(C)ccc1C. The topological polar surface area (TPSA) is 85.9 Å². The maximum atomic E-state index is 12.1. The molecule has 1 fully saturated rings. The summed E-state index contributed by atoms with van der Waals surface area (Å²) in [4.78, 5) is 24.2. The molecule has 0 spiro atoms. The number of amides is 2. The number of benzene rings is 2. The standard InChI is InChI=1S/C23H23BrN2O5S/c1-4-29-19-12-15(10-16-21(27)25-23(32)26-22(16)28)11-17(24)20(19)31-8-7-30-18-9-13(2)5-6-14(18)3/h5-6,9-12H,4,7-8H2,1-3H3,(H2,25,26,27,28,32). The van der Waals surface area contributed by atoms with Gasteiger partial charge in [-0.1, -0.05) is 12.1 Å². The van der Waals surface area contributed by atoms with Crippen molar-refractivity contribution in [2.75, 3.05) is 19.8 Å². The summed E-state index contributed by atoms with van der Waals surface area (Å²) in [5.41, 5.74) is 2.72. The lowest BCUT2D eigenvalue weighted by Gasteiger charge is -2.17. The number of carbonyl (C=O) groups excluding carboxylic acids is 2. The largest absolute Gasteiger partial charge is 0.490 e. The summed E-state index contributed by atoms with van der Waals surface area (Å²) in [6, 6.07) is 9.49. The van der Waals surface area contributed by atoms with Crippen molar-refractivity contribution >= 4 is 51.2 Å². The minimum absolute atomic E-state index is 0.0137. The molecule has 0 bridgehead atoms. The molecule has 1 aliphatic rings. The quantitative estimate of drug-likeness (QED) is 0.239. The molecular formula is C23H23BrN2O5S. The molecule has 2 amide bonds. The predicted octanol–water partition coefficient (Wildman–Crippen LogP) is 3.84. The van der Waals surface area contributed by atoms with Gasteiger partial charge in [-0.05, 0) is 89.9 Å². The molecule has 0 saturated carbocycles. The van der Waals surface area contributed by atoms with Gasteiger partial charge in [0.2, 0.25) is 0 Å². The van der Waals surface area contributed by atoms with Crippen molar-refractivity contribution in [1.82, 2.24) is 10.6 Å². The zero-order chi connectivity index (χ0) is 23.3. The summed E-state index contributed by atoms with van der Waals surface area (Å²) in [7, 11) is 0. The van der Waals surface area contributed by atoms with Crippen LogP contribution >= 0.6 is 28.1 Å². The highest BCUT2D eigenvalue weighted by atomic mass is 79.9. The molecular weight excluding hydrogens is 496 g/mol. The molecule has 1 heterocycles. The fraction of sp³-hybridized carbons (Fsp3) is 0.261. The van der Waals surface area contributed by atoms with Crippen molar-refractivity contribution in [3.8, 4) is 17.2 Å². The van der Waals surface area contributed by atoms with Crippen molar-refractivity contribution in [2.24, 2.45) is 0 Å². The number of ether oxygens (including phenoxy) is 3. The van der Waals surface area contributed by atoms with Gasteiger partial charge in [-0.15, -0.1) is 0 Å². The molecule has 0 radical (unpaired) electrons. The first kappa shape index (κ1) is 23.7. The van der Waals surface area contributed by atoms with E-state index in [2.05, 4.69) is 26.6 Å². The minimum Gasteiger partial charge on any atom is -0.490 e. The van der Waals surface area contributed by atoms with Crippen LogP contribution in [-0.4, -0.2) is 36.7 Å². The number of thiocarbonyl (C=S) groups is 1. The molecule has 9 heteroatoms. The van der Waals surface area contributed by atoms with Crippen molar-refractivity contribution in [3.63, 3.8) is 0 Å². The lowest BCUT2D eigenvalue weighted by molar-refractivity contribution is -0.123. The Kier molecular flexibility index (Phi) is 7.87. The molecule has 1 aliphatic heterocycles. The number of halogens is 1. The van der Waals surface area contributed by atoms with Gasteiger partial charge in [0.15, 0.2) is 16.6 Å². The van der Waals surface area contributed by atoms with E-state index in [1.807, 2.05) is 39.0 Å². The highest BCUT2D eigenvalue weighted by molar-refractivity contribution is 9.10. The van der Waals surface area contributed by atoms with E-state index in [0.717, 1.165) is 16.9 Å². The van der Waals surface area contributed by atoms with E-state index < -0.39 is 11.8 Å². The Morgan fingerprint density at radius 2 is 1.66 bits per heavy atom. The predicted molar refractivity (Wildman–Crippen MR) is 129 cm³/mol. The van der Waals surface area contributed by atoms with E-state index in [0.29, 0.717) is 41.4 Å². The molecule has 7 nitrogen and oxygen atoms in total. The third-order valence-corrected chi connectivity index (χ3v) is 5.31. The third-order valence-electron chi connectivity index (χ3n) is 4.52. The molecule has 0 aromatic heterocycles. The summed E-state index contributed by atoms with van der Waals surface area (Å²) in [6.07, 6.45) is 1.47. The first-order valence-electron chi connectivity index (χ1n) is 9.96. The molecule has 3 rings (SSSR count). The van der Waals surface area contributed by atoms with Gasteiger partial charge in [-0.2, -0.15) is 0 Å². The van der Waals surface area contributed by atoms with E-state index in [1.165, 1.54) is 6.08 Å². The molecule has 2 aromatic carbocycles. The Labute approximate surface area is 200 Å². The van der Waals surface area contributed by atoms with Crippen molar-refractivity contribution in [2.45, 2.75) is 20.8 Å². The second-order valence-corrected chi connectivity index (χ2v) is 8.29. The normalized spacial score (nSPS) is 13.4. The first-order chi connectivity index (χ1) is 15.3. The van der Waals surface area contributed by atoms with Crippen LogP contribution in [-0.2, 0) is 9.59 Å². The van der Waals surface area contributed by atoms with Crippen LogP contribution in [0.5, 0.6) is 17.2 Å². The highest BCUT2D eigenvalue weighted by Crippen LogP contribution is 2.37. The zero-order valence-corrected chi connectivity index (χ0v) is 20.3. The van der Waals surface area contributed by atoms with Crippen LogP contribution in [0.25, 0.3) is 6.08 Å².